The summed E-state index contributed by atoms with van der Waals surface area (Å²) in [6, 6.07) is 10.5. The molecule has 106 valence electrons. The maximum atomic E-state index is 14.0. The fourth-order valence-corrected chi connectivity index (χ4v) is 2.50. The molecule has 0 fully saturated rings. The van der Waals surface area contributed by atoms with Gasteiger partial charge in [-0.15, -0.1) is 11.6 Å². The zero-order valence-electron chi connectivity index (χ0n) is 10.8. The van der Waals surface area contributed by atoms with E-state index in [0.717, 1.165) is 10.0 Å². The van der Waals surface area contributed by atoms with Gasteiger partial charge in [0.15, 0.2) is 11.6 Å². The summed E-state index contributed by atoms with van der Waals surface area (Å²) in [5.74, 6) is 0.838. The molecule has 2 aromatic carbocycles. The van der Waals surface area contributed by atoms with E-state index in [1.807, 2.05) is 12.1 Å². The van der Waals surface area contributed by atoms with Gasteiger partial charge in [-0.3, -0.25) is 0 Å². The molecule has 5 heteroatoms. The van der Waals surface area contributed by atoms with Gasteiger partial charge in [0.25, 0.3) is 0 Å². The van der Waals surface area contributed by atoms with Crippen LogP contribution in [0, 0.1) is 5.82 Å². The SMILES string of the molecule is COc1cccc(COc2ccc(Br)c(CCl)c2)c1F. The Balaban J connectivity index is 2.13. The first-order valence-electron chi connectivity index (χ1n) is 5.94. The van der Waals surface area contributed by atoms with Gasteiger partial charge in [0.1, 0.15) is 12.4 Å². The first-order chi connectivity index (χ1) is 9.65. The highest BCUT2D eigenvalue weighted by molar-refractivity contribution is 9.10. The van der Waals surface area contributed by atoms with Crippen molar-refractivity contribution in [3.05, 3.63) is 57.8 Å². The summed E-state index contributed by atoms with van der Waals surface area (Å²) in [6.07, 6.45) is 0. The second-order valence-electron chi connectivity index (χ2n) is 4.11. The molecule has 0 spiro atoms. The molecule has 0 radical (unpaired) electrons. The molecule has 0 aliphatic heterocycles. The summed E-state index contributed by atoms with van der Waals surface area (Å²) < 4.78 is 25.4. The van der Waals surface area contributed by atoms with Crippen LogP contribution in [-0.2, 0) is 12.5 Å². The summed E-state index contributed by atoms with van der Waals surface area (Å²) in [7, 11) is 1.44. The smallest absolute Gasteiger partial charge is 0.171 e. The van der Waals surface area contributed by atoms with E-state index in [9.17, 15) is 4.39 Å². The van der Waals surface area contributed by atoms with Gasteiger partial charge >= 0.3 is 0 Å². The number of hydrogen-bond acceptors (Lipinski definition) is 2. The highest BCUT2D eigenvalue weighted by Gasteiger charge is 2.09. The van der Waals surface area contributed by atoms with E-state index in [0.29, 0.717) is 17.2 Å². The molecule has 0 aliphatic carbocycles. The zero-order chi connectivity index (χ0) is 14.5. The molecular weight excluding hydrogens is 347 g/mol. The minimum atomic E-state index is -0.398. The summed E-state index contributed by atoms with van der Waals surface area (Å²) in [4.78, 5) is 0. The lowest BCUT2D eigenvalue weighted by molar-refractivity contribution is 0.295. The predicted molar refractivity (Wildman–Crippen MR) is 81.0 cm³/mol. The highest BCUT2D eigenvalue weighted by Crippen LogP contribution is 2.26. The molecular formula is C15H13BrClFO2. The molecule has 0 unspecified atom stereocenters. The molecule has 2 nitrogen and oxygen atoms in total. The van der Waals surface area contributed by atoms with E-state index >= 15 is 0 Å². The Bertz CT molecular complexity index is 604. The first kappa shape index (κ1) is 15.1. The molecule has 0 saturated heterocycles. The summed E-state index contributed by atoms with van der Waals surface area (Å²) in [5.41, 5.74) is 1.37. The van der Waals surface area contributed by atoms with Crippen LogP contribution in [0.2, 0.25) is 0 Å². The fraction of sp³-hybridized carbons (Fsp3) is 0.200. The van der Waals surface area contributed by atoms with Crippen LogP contribution in [0.4, 0.5) is 4.39 Å². The normalized spacial score (nSPS) is 10.4. The van der Waals surface area contributed by atoms with Gasteiger partial charge in [0.2, 0.25) is 0 Å². The van der Waals surface area contributed by atoms with Crippen LogP contribution in [0.3, 0.4) is 0 Å². The molecule has 0 aromatic heterocycles. The van der Waals surface area contributed by atoms with Crippen LogP contribution in [0.5, 0.6) is 11.5 Å². The largest absolute Gasteiger partial charge is 0.494 e. The van der Waals surface area contributed by atoms with E-state index in [1.165, 1.54) is 7.11 Å². The molecule has 0 saturated carbocycles. The lowest BCUT2D eigenvalue weighted by Crippen LogP contribution is -2.00. The number of benzene rings is 2. The lowest BCUT2D eigenvalue weighted by atomic mass is 10.2. The molecule has 0 aliphatic rings. The first-order valence-corrected chi connectivity index (χ1v) is 7.27. The molecule has 2 aromatic rings. The average molecular weight is 360 g/mol. The van der Waals surface area contributed by atoms with Gasteiger partial charge in [-0.1, -0.05) is 28.1 Å². The molecule has 0 heterocycles. The van der Waals surface area contributed by atoms with Crippen molar-refractivity contribution in [1.29, 1.82) is 0 Å². The Morgan fingerprint density at radius 3 is 2.70 bits per heavy atom. The van der Waals surface area contributed by atoms with E-state index < -0.39 is 5.82 Å². The van der Waals surface area contributed by atoms with Crippen LogP contribution in [-0.4, -0.2) is 7.11 Å². The second kappa shape index (κ2) is 6.95. The van der Waals surface area contributed by atoms with Gasteiger partial charge in [-0.2, -0.15) is 0 Å². The summed E-state index contributed by atoms with van der Waals surface area (Å²) in [6.45, 7) is 0.131. The number of halogens is 3. The lowest BCUT2D eigenvalue weighted by Gasteiger charge is -2.10. The Morgan fingerprint density at radius 1 is 1.20 bits per heavy atom. The van der Waals surface area contributed by atoms with Crippen LogP contribution < -0.4 is 9.47 Å². The standard InChI is InChI=1S/C15H13BrClFO2/c1-19-14-4-2-3-10(15(14)18)9-20-12-5-6-13(16)11(7-12)8-17/h2-7H,8-9H2,1H3. The maximum absolute atomic E-state index is 14.0. The van der Waals surface area contributed by atoms with Gasteiger partial charge in [0, 0.05) is 15.9 Å². The summed E-state index contributed by atoms with van der Waals surface area (Å²) in [5, 5.41) is 0. The minimum Gasteiger partial charge on any atom is -0.494 e. The van der Waals surface area contributed by atoms with E-state index in [4.69, 9.17) is 21.1 Å². The third-order valence-electron chi connectivity index (χ3n) is 2.82. The Kier molecular flexibility index (Phi) is 5.26. The molecule has 2 rings (SSSR count). The molecule has 0 amide bonds. The van der Waals surface area contributed by atoms with E-state index in [2.05, 4.69) is 15.9 Å². The van der Waals surface area contributed by atoms with Crippen molar-refractivity contribution in [3.63, 3.8) is 0 Å². The summed E-state index contributed by atoms with van der Waals surface area (Å²) >= 11 is 9.22. The molecule has 0 atom stereocenters. The number of alkyl halides is 1. The van der Waals surface area contributed by atoms with Crippen molar-refractivity contribution in [1.82, 2.24) is 0 Å². The van der Waals surface area contributed by atoms with Gasteiger partial charge in [-0.25, -0.2) is 4.39 Å². The van der Waals surface area contributed by atoms with Crippen molar-refractivity contribution in [2.75, 3.05) is 7.11 Å². The molecule has 0 bridgehead atoms. The number of rotatable bonds is 5. The minimum absolute atomic E-state index is 0.131. The second-order valence-corrected chi connectivity index (χ2v) is 5.23. The Labute approximate surface area is 130 Å². The Hall–Kier alpha value is -1.26. The van der Waals surface area contributed by atoms with Crippen molar-refractivity contribution in [3.8, 4) is 11.5 Å². The van der Waals surface area contributed by atoms with Gasteiger partial charge in [-0.05, 0) is 29.8 Å². The monoisotopic (exact) mass is 358 g/mol. The van der Waals surface area contributed by atoms with Crippen LogP contribution in [0.25, 0.3) is 0 Å². The van der Waals surface area contributed by atoms with Crippen LogP contribution in [0.15, 0.2) is 40.9 Å². The van der Waals surface area contributed by atoms with E-state index in [-0.39, 0.29) is 12.4 Å². The van der Waals surface area contributed by atoms with Crippen molar-refractivity contribution >= 4 is 27.5 Å². The van der Waals surface area contributed by atoms with E-state index in [1.54, 1.807) is 24.3 Å². The zero-order valence-corrected chi connectivity index (χ0v) is 13.2. The average Bonchev–Trinajstić information content (AvgIpc) is 2.47. The van der Waals surface area contributed by atoms with Crippen molar-refractivity contribution < 1.29 is 13.9 Å². The number of hydrogen-bond donors (Lipinski definition) is 0. The van der Waals surface area contributed by atoms with Gasteiger partial charge in [0.05, 0.1) is 7.11 Å². The third-order valence-corrected chi connectivity index (χ3v) is 3.88. The maximum Gasteiger partial charge on any atom is 0.171 e. The third kappa shape index (κ3) is 3.44. The molecule has 0 N–H and O–H groups in total. The van der Waals surface area contributed by atoms with Gasteiger partial charge < -0.3 is 9.47 Å². The number of methoxy groups -OCH3 is 1. The topological polar surface area (TPSA) is 18.5 Å². The molecule has 20 heavy (non-hydrogen) atoms. The van der Waals surface area contributed by atoms with Crippen LogP contribution in [0.1, 0.15) is 11.1 Å². The van der Waals surface area contributed by atoms with Crippen molar-refractivity contribution in [2.45, 2.75) is 12.5 Å². The number of ether oxygens (including phenoxy) is 2. The highest BCUT2D eigenvalue weighted by atomic mass is 79.9. The van der Waals surface area contributed by atoms with Crippen LogP contribution >= 0.6 is 27.5 Å². The van der Waals surface area contributed by atoms with Crippen molar-refractivity contribution in [2.24, 2.45) is 0 Å². The Morgan fingerprint density at radius 2 is 2.00 bits per heavy atom. The fourth-order valence-electron chi connectivity index (χ4n) is 1.73. The quantitative estimate of drug-likeness (QED) is 0.706. The predicted octanol–water partition coefficient (Wildman–Crippen LogP) is 4.91.